The molecule has 1 saturated carbocycles. The van der Waals surface area contributed by atoms with Gasteiger partial charge in [0.2, 0.25) is 0 Å². The summed E-state index contributed by atoms with van der Waals surface area (Å²) in [5.74, 6) is 0.0302. The van der Waals surface area contributed by atoms with Gasteiger partial charge in [0, 0.05) is 22.7 Å². The second kappa shape index (κ2) is 7.91. The number of benzene rings is 2. The van der Waals surface area contributed by atoms with Crippen LogP contribution in [0.25, 0.3) is 22.0 Å². The van der Waals surface area contributed by atoms with E-state index in [4.69, 9.17) is 4.98 Å². The number of carbonyl (C=O) groups excluding carboxylic acids is 1. The molecule has 1 fully saturated rings. The van der Waals surface area contributed by atoms with Gasteiger partial charge >= 0.3 is 0 Å². The molecule has 0 radical (unpaired) electrons. The Bertz CT molecular complexity index is 941. The van der Waals surface area contributed by atoms with Crippen LogP contribution in [0.2, 0.25) is 0 Å². The van der Waals surface area contributed by atoms with Gasteiger partial charge in [0.05, 0.1) is 11.1 Å². The Morgan fingerprint density at radius 1 is 0.963 bits per heavy atom. The summed E-state index contributed by atoms with van der Waals surface area (Å²) in [5, 5.41) is 4.21. The fraction of sp³-hybridized carbons (Fsp3) is 0.333. The van der Waals surface area contributed by atoms with Gasteiger partial charge in [-0.25, -0.2) is 0 Å². The standard InChI is InChI=1S/C24H26N2O/c1-17-16-22(24(27)26-19-12-7-2-3-8-13-19)21-15-9-14-20(23(21)25-17)18-10-5-4-6-11-18/h4-6,9-11,14-16,19H,2-3,7-8,12-13H2,1H3,(H,26,27). The summed E-state index contributed by atoms with van der Waals surface area (Å²) in [6.07, 6.45) is 7.15. The van der Waals surface area contributed by atoms with E-state index in [-0.39, 0.29) is 5.91 Å². The van der Waals surface area contributed by atoms with Crippen molar-refractivity contribution in [1.82, 2.24) is 10.3 Å². The van der Waals surface area contributed by atoms with Gasteiger partial charge in [0.15, 0.2) is 0 Å². The number of amides is 1. The fourth-order valence-electron chi connectivity index (χ4n) is 4.10. The molecule has 0 spiro atoms. The highest BCUT2D eigenvalue weighted by atomic mass is 16.1. The number of aryl methyl sites for hydroxylation is 1. The van der Waals surface area contributed by atoms with Crippen molar-refractivity contribution in [3.05, 3.63) is 65.9 Å². The molecule has 0 saturated heterocycles. The highest BCUT2D eigenvalue weighted by molar-refractivity contribution is 6.09. The molecule has 1 aliphatic rings. The molecule has 3 aromatic rings. The first-order chi connectivity index (χ1) is 13.2. The smallest absolute Gasteiger partial charge is 0.252 e. The van der Waals surface area contributed by atoms with Gasteiger partial charge in [-0.1, -0.05) is 74.2 Å². The number of fused-ring (bicyclic) bond motifs is 1. The van der Waals surface area contributed by atoms with Crippen LogP contribution in [0.3, 0.4) is 0 Å². The molecule has 1 N–H and O–H groups in total. The van der Waals surface area contributed by atoms with E-state index in [2.05, 4.69) is 23.5 Å². The summed E-state index contributed by atoms with van der Waals surface area (Å²) < 4.78 is 0. The van der Waals surface area contributed by atoms with Crippen LogP contribution < -0.4 is 5.32 Å². The molecule has 1 aromatic heterocycles. The second-order valence-corrected chi connectivity index (χ2v) is 7.54. The predicted octanol–water partition coefficient (Wildman–Crippen LogP) is 5.66. The van der Waals surface area contributed by atoms with Gasteiger partial charge < -0.3 is 5.32 Å². The molecule has 27 heavy (non-hydrogen) atoms. The molecule has 1 heterocycles. The van der Waals surface area contributed by atoms with E-state index < -0.39 is 0 Å². The number of pyridine rings is 1. The lowest BCUT2D eigenvalue weighted by atomic mass is 9.98. The van der Waals surface area contributed by atoms with Gasteiger partial charge in [-0.05, 0) is 31.4 Å². The van der Waals surface area contributed by atoms with Crippen molar-refractivity contribution in [1.29, 1.82) is 0 Å². The first kappa shape index (κ1) is 17.7. The number of hydrogen-bond acceptors (Lipinski definition) is 2. The van der Waals surface area contributed by atoms with E-state index in [0.29, 0.717) is 6.04 Å². The third-order valence-corrected chi connectivity index (χ3v) is 5.49. The van der Waals surface area contributed by atoms with Crippen LogP contribution >= 0.6 is 0 Å². The number of para-hydroxylation sites is 1. The summed E-state index contributed by atoms with van der Waals surface area (Å²) in [7, 11) is 0. The van der Waals surface area contributed by atoms with Crippen LogP contribution in [0.5, 0.6) is 0 Å². The molecule has 4 rings (SSSR count). The third-order valence-electron chi connectivity index (χ3n) is 5.49. The molecule has 1 aliphatic carbocycles. The number of aromatic nitrogens is 1. The predicted molar refractivity (Wildman–Crippen MR) is 111 cm³/mol. The van der Waals surface area contributed by atoms with Crippen molar-refractivity contribution in [2.24, 2.45) is 0 Å². The first-order valence-electron chi connectivity index (χ1n) is 9.99. The van der Waals surface area contributed by atoms with E-state index in [1.165, 1.54) is 25.7 Å². The Morgan fingerprint density at radius 2 is 1.70 bits per heavy atom. The van der Waals surface area contributed by atoms with Crippen molar-refractivity contribution >= 4 is 16.8 Å². The normalized spacial score (nSPS) is 15.4. The number of nitrogens with zero attached hydrogens (tertiary/aromatic N) is 1. The molecule has 138 valence electrons. The van der Waals surface area contributed by atoms with E-state index in [9.17, 15) is 4.79 Å². The molecule has 0 aliphatic heterocycles. The molecule has 0 atom stereocenters. The topological polar surface area (TPSA) is 42.0 Å². The van der Waals surface area contributed by atoms with Gasteiger partial charge in [-0.15, -0.1) is 0 Å². The molecule has 1 amide bonds. The van der Waals surface area contributed by atoms with Crippen molar-refractivity contribution in [2.45, 2.75) is 51.5 Å². The maximum absolute atomic E-state index is 13.1. The average molecular weight is 358 g/mol. The second-order valence-electron chi connectivity index (χ2n) is 7.54. The summed E-state index contributed by atoms with van der Waals surface area (Å²) in [6, 6.07) is 18.6. The van der Waals surface area contributed by atoms with Crippen molar-refractivity contribution in [3.63, 3.8) is 0 Å². The minimum atomic E-state index is 0.0302. The first-order valence-corrected chi connectivity index (χ1v) is 9.99. The number of rotatable bonds is 3. The molecule has 3 heteroatoms. The summed E-state index contributed by atoms with van der Waals surface area (Å²) >= 11 is 0. The minimum Gasteiger partial charge on any atom is -0.349 e. The Hall–Kier alpha value is -2.68. The molecule has 3 nitrogen and oxygen atoms in total. The lowest BCUT2D eigenvalue weighted by molar-refractivity contribution is 0.0935. The number of carbonyl (C=O) groups is 1. The minimum absolute atomic E-state index is 0.0302. The molecular formula is C24H26N2O. The van der Waals surface area contributed by atoms with Gasteiger partial charge in [0.1, 0.15) is 0 Å². The van der Waals surface area contributed by atoms with Crippen molar-refractivity contribution < 1.29 is 4.79 Å². The summed E-state index contributed by atoms with van der Waals surface area (Å²) in [6.45, 7) is 1.96. The Balaban J connectivity index is 1.74. The fourth-order valence-corrected chi connectivity index (χ4v) is 4.10. The van der Waals surface area contributed by atoms with E-state index in [1.54, 1.807) is 0 Å². The zero-order valence-corrected chi connectivity index (χ0v) is 15.9. The van der Waals surface area contributed by atoms with Crippen molar-refractivity contribution in [3.8, 4) is 11.1 Å². The molecular weight excluding hydrogens is 332 g/mol. The van der Waals surface area contributed by atoms with E-state index in [0.717, 1.165) is 46.1 Å². The van der Waals surface area contributed by atoms with Gasteiger partial charge in [-0.3, -0.25) is 9.78 Å². The van der Waals surface area contributed by atoms with Gasteiger partial charge in [-0.2, -0.15) is 0 Å². The lowest BCUT2D eigenvalue weighted by Gasteiger charge is -2.18. The summed E-state index contributed by atoms with van der Waals surface area (Å²) in [5.41, 5.74) is 4.70. The Kier molecular flexibility index (Phi) is 5.19. The Labute approximate surface area is 160 Å². The SMILES string of the molecule is Cc1cc(C(=O)NC2CCCCCC2)c2cccc(-c3ccccc3)c2n1. The molecule has 2 aromatic carbocycles. The lowest BCUT2D eigenvalue weighted by Crippen LogP contribution is -2.34. The largest absolute Gasteiger partial charge is 0.349 e. The third kappa shape index (κ3) is 3.87. The summed E-state index contributed by atoms with van der Waals surface area (Å²) in [4.78, 5) is 17.9. The van der Waals surface area contributed by atoms with Crippen LogP contribution in [0, 0.1) is 6.92 Å². The zero-order valence-electron chi connectivity index (χ0n) is 15.9. The van der Waals surface area contributed by atoms with Gasteiger partial charge in [0.25, 0.3) is 5.91 Å². The quantitative estimate of drug-likeness (QED) is 0.614. The Morgan fingerprint density at radius 3 is 2.44 bits per heavy atom. The molecule has 0 bridgehead atoms. The highest BCUT2D eigenvalue weighted by Gasteiger charge is 2.19. The van der Waals surface area contributed by atoms with Crippen LogP contribution in [0.1, 0.15) is 54.6 Å². The number of hydrogen-bond donors (Lipinski definition) is 1. The zero-order chi connectivity index (χ0) is 18.6. The maximum Gasteiger partial charge on any atom is 0.252 e. The van der Waals surface area contributed by atoms with Crippen molar-refractivity contribution in [2.75, 3.05) is 0 Å². The maximum atomic E-state index is 13.1. The highest BCUT2D eigenvalue weighted by Crippen LogP contribution is 2.29. The average Bonchev–Trinajstić information content (AvgIpc) is 2.96. The van der Waals surface area contributed by atoms with E-state index in [1.807, 2.05) is 43.3 Å². The number of nitrogens with one attached hydrogen (secondary N) is 1. The van der Waals surface area contributed by atoms with Crippen LogP contribution in [-0.4, -0.2) is 16.9 Å². The van der Waals surface area contributed by atoms with E-state index >= 15 is 0 Å². The monoisotopic (exact) mass is 358 g/mol. The van der Waals surface area contributed by atoms with Crippen LogP contribution in [0.4, 0.5) is 0 Å². The molecule has 0 unspecified atom stereocenters. The van der Waals surface area contributed by atoms with Crippen LogP contribution in [-0.2, 0) is 0 Å². The van der Waals surface area contributed by atoms with Crippen LogP contribution in [0.15, 0.2) is 54.6 Å².